The first kappa shape index (κ1) is 31.5. The number of piperazine rings is 1. The van der Waals surface area contributed by atoms with Crippen molar-refractivity contribution in [2.24, 2.45) is 5.73 Å². The number of piperidine rings is 1. The van der Waals surface area contributed by atoms with Crippen molar-refractivity contribution < 1.29 is 22.7 Å². The van der Waals surface area contributed by atoms with Crippen LogP contribution in [0.4, 0.5) is 5.69 Å². The Morgan fingerprint density at radius 2 is 1.82 bits per heavy atom. The Hall–Kier alpha value is -3.07. The third kappa shape index (κ3) is 6.45. The fourth-order valence-corrected chi connectivity index (χ4v) is 6.46. The molecule has 222 valence electrons. The lowest BCUT2D eigenvalue weighted by atomic mass is 10.1. The molecule has 2 aliphatic rings. The number of nitrogens with one attached hydrogen (secondary N) is 2. The second-order valence-corrected chi connectivity index (χ2v) is 11.5. The minimum Gasteiger partial charge on any atom is -0.477 e. The second-order valence-electron chi connectivity index (χ2n) is 9.56. The largest absolute Gasteiger partial charge is 0.477 e. The lowest BCUT2D eigenvalue weighted by Crippen LogP contribution is -2.48. The molecule has 0 spiro atoms. The molecule has 0 bridgehead atoms. The van der Waals surface area contributed by atoms with Gasteiger partial charge in [-0.25, -0.2) is 13.4 Å². The first-order chi connectivity index (χ1) is 18.7. The van der Waals surface area contributed by atoms with Crippen LogP contribution in [-0.2, 0) is 16.4 Å². The van der Waals surface area contributed by atoms with Gasteiger partial charge in [-0.05, 0) is 51.9 Å². The molecule has 2 aromatic rings. The topological polar surface area (TPSA) is 165 Å². The van der Waals surface area contributed by atoms with Gasteiger partial charge >= 0.3 is 0 Å². The van der Waals surface area contributed by atoms with E-state index in [1.807, 2.05) is 13.8 Å². The minimum atomic E-state index is -3.89. The monoisotopic (exact) mass is 578 g/mol. The number of amides is 2. The highest BCUT2D eigenvalue weighted by atomic mass is 32.2. The SMILES string of the molecule is C.CCOc1ncc(S(=O)(=O)N2CCN(CC)CC2)cc1C(=O)Nc1c(C(N)=O)nn(C2CCNCC2)c1CC. The highest BCUT2D eigenvalue weighted by Gasteiger charge is 2.31. The molecular weight excluding hydrogens is 536 g/mol. The average Bonchev–Trinajstić information content (AvgIpc) is 3.32. The van der Waals surface area contributed by atoms with Crippen molar-refractivity contribution in [3.63, 3.8) is 0 Å². The number of primary amides is 1. The van der Waals surface area contributed by atoms with E-state index in [9.17, 15) is 18.0 Å². The third-order valence-electron chi connectivity index (χ3n) is 7.24. The number of nitrogens with zero attached hydrogens (tertiary/aromatic N) is 5. The van der Waals surface area contributed by atoms with E-state index >= 15 is 0 Å². The summed E-state index contributed by atoms with van der Waals surface area (Å²) in [6.45, 7) is 10.4. The van der Waals surface area contributed by atoms with Gasteiger partial charge in [-0.15, -0.1) is 0 Å². The number of aromatic nitrogens is 3. The molecule has 2 amide bonds. The molecule has 4 rings (SSSR count). The molecule has 4 N–H and O–H groups in total. The van der Waals surface area contributed by atoms with E-state index in [0.29, 0.717) is 38.3 Å². The van der Waals surface area contributed by atoms with Crippen molar-refractivity contribution in [3.8, 4) is 5.88 Å². The Balaban J connectivity index is 0.00000441. The molecule has 0 aromatic carbocycles. The number of hydrogen-bond acceptors (Lipinski definition) is 9. The predicted octanol–water partition coefficient (Wildman–Crippen LogP) is 1.48. The summed E-state index contributed by atoms with van der Waals surface area (Å²) in [6, 6.07) is 1.34. The maximum absolute atomic E-state index is 13.6. The van der Waals surface area contributed by atoms with E-state index in [0.717, 1.165) is 32.5 Å². The number of pyridine rings is 1. The van der Waals surface area contributed by atoms with Gasteiger partial charge in [0, 0.05) is 26.2 Å². The van der Waals surface area contributed by atoms with Crippen molar-refractivity contribution in [2.75, 3.05) is 57.7 Å². The van der Waals surface area contributed by atoms with E-state index in [2.05, 4.69) is 25.6 Å². The maximum Gasteiger partial charge on any atom is 0.271 e. The van der Waals surface area contributed by atoms with Crippen LogP contribution < -0.4 is 21.1 Å². The standard InChI is InChI=1S/C25H38N8O5S.CH4/c1-4-20-21(22(23(26)34)30-33(20)17-7-9-27-10-8-17)29-24(35)19-15-18(16-28-25(19)38-6-3)39(36,37)32-13-11-31(5-2)12-14-32;/h15-17,27H,4-14H2,1-3H3,(H2,26,34)(H,29,35);1H4. The summed E-state index contributed by atoms with van der Waals surface area (Å²) >= 11 is 0. The van der Waals surface area contributed by atoms with Gasteiger partial charge < -0.3 is 26.0 Å². The number of hydrogen-bond donors (Lipinski definition) is 3. The van der Waals surface area contributed by atoms with Crippen LogP contribution in [0.1, 0.15) is 73.6 Å². The van der Waals surface area contributed by atoms with Crippen molar-refractivity contribution >= 4 is 27.5 Å². The molecule has 0 aliphatic carbocycles. The quantitative estimate of drug-likeness (QED) is 0.379. The zero-order valence-corrected chi connectivity index (χ0v) is 23.6. The van der Waals surface area contributed by atoms with Gasteiger partial charge in [0.05, 0.1) is 30.2 Å². The van der Waals surface area contributed by atoms with Crippen molar-refractivity contribution in [3.05, 3.63) is 29.2 Å². The number of carbonyl (C=O) groups is 2. The minimum absolute atomic E-state index is 0. The van der Waals surface area contributed by atoms with E-state index in [1.165, 1.54) is 16.6 Å². The first-order valence-corrected chi connectivity index (χ1v) is 14.9. The molecule has 2 aromatic heterocycles. The van der Waals surface area contributed by atoms with E-state index < -0.39 is 21.8 Å². The summed E-state index contributed by atoms with van der Waals surface area (Å²) < 4.78 is 35.6. The molecule has 0 radical (unpaired) electrons. The molecular formula is C26H42N8O5S. The number of ether oxygens (including phenoxy) is 1. The highest BCUT2D eigenvalue weighted by molar-refractivity contribution is 7.89. The number of likely N-dealkylation sites (N-methyl/N-ethyl adjacent to an activating group) is 1. The number of anilines is 1. The molecule has 0 saturated carbocycles. The molecule has 4 heterocycles. The van der Waals surface area contributed by atoms with Crippen LogP contribution in [0.3, 0.4) is 0 Å². The summed E-state index contributed by atoms with van der Waals surface area (Å²) in [6.07, 6.45) is 3.36. The van der Waals surface area contributed by atoms with Gasteiger partial charge in [-0.3, -0.25) is 14.3 Å². The fourth-order valence-electron chi connectivity index (χ4n) is 5.07. The normalized spacial score (nSPS) is 17.3. The Labute approximate surface area is 236 Å². The Kier molecular flexibility index (Phi) is 10.6. The van der Waals surface area contributed by atoms with Gasteiger partial charge in [0.2, 0.25) is 15.9 Å². The van der Waals surface area contributed by atoms with Crippen molar-refractivity contribution in [1.29, 1.82) is 0 Å². The summed E-state index contributed by atoms with van der Waals surface area (Å²) in [7, 11) is -3.89. The lowest BCUT2D eigenvalue weighted by Gasteiger charge is -2.33. The van der Waals surface area contributed by atoms with Crippen molar-refractivity contribution in [1.82, 2.24) is 29.3 Å². The smallest absolute Gasteiger partial charge is 0.271 e. The number of carbonyl (C=O) groups excluding carboxylic acids is 2. The second kappa shape index (κ2) is 13.5. The summed E-state index contributed by atoms with van der Waals surface area (Å²) in [4.78, 5) is 32.2. The van der Waals surface area contributed by atoms with E-state index in [1.54, 1.807) is 11.6 Å². The van der Waals surface area contributed by atoms with Crippen LogP contribution in [0.15, 0.2) is 17.2 Å². The van der Waals surface area contributed by atoms with Crippen LogP contribution in [-0.4, -0.2) is 96.6 Å². The third-order valence-corrected chi connectivity index (χ3v) is 9.10. The molecule has 40 heavy (non-hydrogen) atoms. The molecule has 2 aliphatic heterocycles. The van der Waals surface area contributed by atoms with Crippen LogP contribution in [0.2, 0.25) is 0 Å². The maximum atomic E-state index is 13.6. The molecule has 2 fully saturated rings. The Morgan fingerprint density at radius 1 is 1.15 bits per heavy atom. The van der Waals surface area contributed by atoms with Crippen LogP contribution >= 0.6 is 0 Å². The van der Waals surface area contributed by atoms with Crippen LogP contribution in [0, 0.1) is 0 Å². The fraction of sp³-hybridized carbons (Fsp3) is 0.615. The van der Waals surface area contributed by atoms with Crippen LogP contribution in [0.5, 0.6) is 5.88 Å². The summed E-state index contributed by atoms with van der Waals surface area (Å²) in [5.41, 5.74) is 6.45. The zero-order valence-electron chi connectivity index (χ0n) is 22.8. The van der Waals surface area contributed by atoms with Gasteiger partial charge in [0.15, 0.2) is 5.69 Å². The van der Waals surface area contributed by atoms with Gasteiger partial charge in [-0.2, -0.15) is 9.40 Å². The zero-order chi connectivity index (χ0) is 28.2. The van der Waals surface area contributed by atoms with Crippen LogP contribution in [0.25, 0.3) is 0 Å². The number of sulfonamides is 1. The predicted molar refractivity (Wildman–Crippen MR) is 152 cm³/mol. The molecule has 2 saturated heterocycles. The lowest BCUT2D eigenvalue weighted by molar-refractivity contribution is 0.0995. The number of nitrogens with two attached hydrogens (primary N) is 1. The molecule has 13 nitrogen and oxygen atoms in total. The first-order valence-electron chi connectivity index (χ1n) is 13.5. The van der Waals surface area contributed by atoms with E-state index in [-0.39, 0.29) is 47.8 Å². The van der Waals surface area contributed by atoms with Crippen molar-refractivity contribution in [2.45, 2.75) is 58.4 Å². The highest BCUT2D eigenvalue weighted by Crippen LogP contribution is 2.30. The average molecular weight is 579 g/mol. The van der Waals surface area contributed by atoms with Gasteiger partial charge in [0.25, 0.3) is 11.8 Å². The Bertz CT molecular complexity index is 1300. The summed E-state index contributed by atoms with van der Waals surface area (Å²) in [5.74, 6) is -1.44. The van der Waals surface area contributed by atoms with Gasteiger partial charge in [-0.1, -0.05) is 21.3 Å². The molecule has 0 unspecified atom stereocenters. The Morgan fingerprint density at radius 3 is 2.40 bits per heavy atom. The number of rotatable bonds is 10. The van der Waals surface area contributed by atoms with E-state index in [4.69, 9.17) is 10.5 Å². The molecule has 0 atom stereocenters. The molecule has 14 heteroatoms. The van der Waals surface area contributed by atoms with Gasteiger partial charge in [0.1, 0.15) is 10.5 Å². The summed E-state index contributed by atoms with van der Waals surface area (Å²) in [5, 5.41) is 10.6.